The van der Waals surface area contributed by atoms with Crippen molar-refractivity contribution in [2.45, 2.75) is 64.8 Å². The van der Waals surface area contributed by atoms with Crippen LogP contribution in [-0.2, 0) is 21.4 Å². The largest absolute Gasteiger partial charge is 0.494 e. The number of aliphatic carboxylic acids is 1. The summed E-state index contributed by atoms with van der Waals surface area (Å²) in [6.07, 6.45) is 5.19. The fraction of sp³-hybridized carbons (Fsp3) is 0.308. The van der Waals surface area contributed by atoms with Gasteiger partial charge in [0.2, 0.25) is 11.7 Å². The highest BCUT2D eigenvalue weighted by Crippen LogP contribution is 2.26. The van der Waals surface area contributed by atoms with Gasteiger partial charge < -0.3 is 25.0 Å². The van der Waals surface area contributed by atoms with Gasteiger partial charge in [0.15, 0.2) is 5.82 Å². The van der Waals surface area contributed by atoms with Gasteiger partial charge in [0.1, 0.15) is 11.8 Å². The summed E-state index contributed by atoms with van der Waals surface area (Å²) >= 11 is 0. The van der Waals surface area contributed by atoms with Crippen molar-refractivity contribution in [1.29, 1.82) is 0 Å². The summed E-state index contributed by atoms with van der Waals surface area (Å²) in [5, 5.41) is 18.6. The van der Waals surface area contributed by atoms with E-state index in [2.05, 4.69) is 58.4 Å². The van der Waals surface area contributed by atoms with E-state index in [0.717, 1.165) is 40.8 Å². The zero-order valence-electron chi connectivity index (χ0n) is 29.2. The van der Waals surface area contributed by atoms with Crippen molar-refractivity contribution in [3.63, 3.8) is 0 Å². The van der Waals surface area contributed by atoms with E-state index in [1.165, 1.54) is 0 Å². The lowest BCUT2D eigenvalue weighted by molar-refractivity contribution is -0.137. The van der Waals surface area contributed by atoms with Gasteiger partial charge in [-0.25, -0.2) is 9.97 Å². The number of nitrogens with zero attached hydrogens (tertiary/aromatic N) is 4. The molecule has 3 aromatic carbocycles. The average molecular weight is 691 g/mol. The van der Waals surface area contributed by atoms with E-state index < -0.39 is 23.8 Å². The molecule has 264 valence electrons. The summed E-state index contributed by atoms with van der Waals surface area (Å²) in [4.78, 5) is 50.8. The topological polar surface area (TPSA) is 169 Å². The smallest absolute Gasteiger partial charge is 0.305 e. The Kier molecular flexibility index (Phi) is 11.9. The van der Waals surface area contributed by atoms with Crippen LogP contribution >= 0.6 is 0 Å². The van der Waals surface area contributed by atoms with Gasteiger partial charge >= 0.3 is 5.97 Å². The van der Waals surface area contributed by atoms with E-state index in [1.807, 2.05) is 60.7 Å². The molecule has 3 N–H and O–H groups in total. The number of hydrogen-bond acceptors (Lipinski definition) is 9. The Morgan fingerprint density at radius 3 is 2.29 bits per heavy atom. The van der Waals surface area contributed by atoms with E-state index in [0.29, 0.717) is 29.4 Å². The molecule has 2 aromatic heterocycles. The summed E-state index contributed by atoms with van der Waals surface area (Å²) in [5.74, 6) is 0.00694. The molecule has 5 rings (SSSR count). The van der Waals surface area contributed by atoms with E-state index in [-0.39, 0.29) is 30.7 Å². The van der Waals surface area contributed by atoms with E-state index in [9.17, 15) is 14.4 Å². The van der Waals surface area contributed by atoms with E-state index in [1.54, 1.807) is 24.5 Å². The van der Waals surface area contributed by atoms with E-state index >= 15 is 0 Å². The molecule has 12 nitrogen and oxygen atoms in total. The van der Waals surface area contributed by atoms with Crippen molar-refractivity contribution in [3.05, 3.63) is 102 Å². The first-order valence-corrected chi connectivity index (χ1v) is 16.9. The number of benzene rings is 3. The van der Waals surface area contributed by atoms with Crippen LogP contribution in [0.1, 0.15) is 68.4 Å². The fourth-order valence-electron chi connectivity index (χ4n) is 5.12. The number of rotatable bonds is 15. The number of amides is 2. The van der Waals surface area contributed by atoms with Crippen molar-refractivity contribution in [2.24, 2.45) is 0 Å². The van der Waals surface area contributed by atoms with Crippen LogP contribution in [0.4, 0.5) is 0 Å². The Bertz CT molecular complexity index is 1930. The Hall–Kier alpha value is -5.91. The molecule has 12 heteroatoms. The van der Waals surface area contributed by atoms with Crippen LogP contribution in [0.25, 0.3) is 34.2 Å². The van der Waals surface area contributed by atoms with Crippen LogP contribution in [0.2, 0.25) is 0 Å². The van der Waals surface area contributed by atoms with Gasteiger partial charge in [0.25, 0.3) is 11.8 Å². The molecule has 1 atom stereocenters. The Morgan fingerprint density at radius 2 is 1.63 bits per heavy atom. The lowest BCUT2D eigenvalue weighted by atomic mass is 9.86. The van der Waals surface area contributed by atoms with Crippen LogP contribution in [0.15, 0.2) is 89.7 Å². The minimum Gasteiger partial charge on any atom is -0.494 e. The molecule has 2 amide bonds. The SMILES string of the molecule is CCCCOc1cccc(-c2noc(-c3cnc(-c4ccc(CC(NC(=O)c5ccc(C(C)(C)C)cc5)C(=O)NCCC(=O)O)cc4)nc3)n2)c1. The zero-order chi connectivity index (χ0) is 36.4. The molecular formula is C39H42N6O6. The number of carbonyl (C=O) groups is 3. The van der Waals surface area contributed by atoms with Gasteiger partial charge in [-0.1, -0.05) is 87.8 Å². The molecule has 0 saturated carbocycles. The van der Waals surface area contributed by atoms with Crippen LogP contribution in [-0.4, -0.2) is 62.2 Å². The predicted molar refractivity (Wildman–Crippen MR) is 192 cm³/mol. The second-order valence-electron chi connectivity index (χ2n) is 13.1. The Balaban J connectivity index is 1.25. The van der Waals surface area contributed by atoms with Crippen LogP contribution in [0.3, 0.4) is 0 Å². The van der Waals surface area contributed by atoms with Crippen molar-refractivity contribution in [3.8, 4) is 40.0 Å². The molecule has 0 saturated heterocycles. The summed E-state index contributed by atoms with van der Waals surface area (Å²) in [7, 11) is 0. The quantitative estimate of drug-likeness (QED) is 0.106. The van der Waals surface area contributed by atoms with Gasteiger partial charge in [-0.2, -0.15) is 4.98 Å². The number of carboxylic acid groups (broad SMARTS) is 1. The van der Waals surface area contributed by atoms with Crippen LogP contribution in [0, 0.1) is 0 Å². The molecule has 0 fully saturated rings. The number of hydrogen-bond donors (Lipinski definition) is 3. The second kappa shape index (κ2) is 16.7. The predicted octanol–water partition coefficient (Wildman–Crippen LogP) is 6.27. The third-order valence-electron chi connectivity index (χ3n) is 8.11. The number of unbranched alkanes of at least 4 members (excludes halogenated alkanes) is 1. The fourth-order valence-corrected chi connectivity index (χ4v) is 5.12. The van der Waals surface area contributed by atoms with Crippen molar-refractivity contribution in [2.75, 3.05) is 13.2 Å². The third-order valence-corrected chi connectivity index (χ3v) is 8.11. The highest BCUT2D eigenvalue weighted by atomic mass is 16.5. The van der Waals surface area contributed by atoms with E-state index in [4.69, 9.17) is 14.4 Å². The first kappa shape index (κ1) is 36.4. The van der Waals surface area contributed by atoms with Gasteiger partial charge in [-0.15, -0.1) is 0 Å². The Labute approximate surface area is 296 Å². The molecule has 0 aliphatic heterocycles. The summed E-state index contributed by atoms with van der Waals surface area (Å²) in [5.41, 5.74) is 4.26. The highest BCUT2D eigenvalue weighted by molar-refractivity contribution is 5.97. The maximum Gasteiger partial charge on any atom is 0.305 e. The first-order chi connectivity index (χ1) is 24.5. The molecule has 0 aliphatic carbocycles. The van der Waals surface area contributed by atoms with Gasteiger partial charge in [-0.05, 0) is 47.2 Å². The Morgan fingerprint density at radius 1 is 0.902 bits per heavy atom. The van der Waals surface area contributed by atoms with Crippen LogP contribution in [0.5, 0.6) is 5.75 Å². The van der Waals surface area contributed by atoms with Gasteiger partial charge in [0, 0.05) is 42.0 Å². The second-order valence-corrected chi connectivity index (χ2v) is 13.1. The molecular weight excluding hydrogens is 648 g/mol. The van der Waals surface area contributed by atoms with Crippen LogP contribution < -0.4 is 15.4 Å². The third kappa shape index (κ3) is 10.1. The van der Waals surface area contributed by atoms with Gasteiger partial charge in [0.05, 0.1) is 18.6 Å². The molecule has 0 aliphatic rings. The van der Waals surface area contributed by atoms with Crippen molar-refractivity contribution >= 4 is 17.8 Å². The summed E-state index contributed by atoms with van der Waals surface area (Å²) in [6.45, 7) is 8.96. The normalized spacial score (nSPS) is 11.8. The molecule has 1 unspecified atom stereocenters. The standard InChI is InChI=1S/C39H42N6O6/c1-5-6-20-50-31-9-7-8-28(22-31)35-44-38(51-45-35)29-23-41-34(42-24-29)26-12-10-25(11-13-26)21-32(37(49)40-19-18-33(46)47)43-36(48)27-14-16-30(17-15-27)39(2,3)4/h7-17,22-24,32H,5-6,18-21H2,1-4H3,(H,40,49)(H,43,48)(H,46,47). The average Bonchev–Trinajstić information content (AvgIpc) is 3.62. The number of carboxylic acids is 1. The molecule has 0 spiro atoms. The van der Waals surface area contributed by atoms with Gasteiger partial charge in [-0.3, -0.25) is 14.4 Å². The minimum atomic E-state index is -1.03. The first-order valence-electron chi connectivity index (χ1n) is 16.9. The lowest BCUT2D eigenvalue weighted by Crippen LogP contribution is -2.48. The maximum absolute atomic E-state index is 13.2. The number of ether oxygens (including phenoxy) is 1. The summed E-state index contributed by atoms with van der Waals surface area (Å²) < 4.78 is 11.3. The molecule has 51 heavy (non-hydrogen) atoms. The molecule has 0 bridgehead atoms. The molecule has 5 aromatic rings. The molecule has 2 heterocycles. The highest BCUT2D eigenvalue weighted by Gasteiger charge is 2.23. The van der Waals surface area contributed by atoms with Crippen molar-refractivity contribution < 1.29 is 28.8 Å². The number of nitrogens with one attached hydrogen (secondary N) is 2. The zero-order valence-corrected chi connectivity index (χ0v) is 29.2. The lowest BCUT2D eigenvalue weighted by Gasteiger charge is -2.20. The number of aromatic nitrogens is 4. The molecule has 0 radical (unpaired) electrons. The monoisotopic (exact) mass is 690 g/mol. The summed E-state index contributed by atoms with van der Waals surface area (Å²) in [6, 6.07) is 21.2. The van der Waals surface area contributed by atoms with Crippen molar-refractivity contribution in [1.82, 2.24) is 30.7 Å². The minimum absolute atomic E-state index is 0.0563. The number of carbonyl (C=O) groups excluding carboxylic acids is 2. The maximum atomic E-state index is 13.2.